The van der Waals surface area contributed by atoms with Crippen molar-refractivity contribution in [2.24, 2.45) is 34.5 Å². The first-order valence-electron chi connectivity index (χ1n) is 11.1. The molecular formula is C24H32O6. The van der Waals surface area contributed by atoms with Crippen molar-refractivity contribution in [3.8, 4) is 0 Å². The van der Waals surface area contributed by atoms with Gasteiger partial charge in [-0.15, -0.1) is 0 Å². The molecule has 164 valence electrons. The van der Waals surface area contributed by atoms with Crippen molar-refractivity contribution < 1.29 is 29.0 Å². The number of hydrogen-bond acceptors (Lipinski definition) is 6. The van der Waals surface area contributed by atoms with Gasteiger partial charge < -0.3 is 9.84 Å². The first-order chi connectivity index (χ1) is 13.9. The summed E-state index contributed by atoms with van der Waals surface area (Å²) >= 11 is 0. The highest BCUT2D eigenvalue weighted by molar-refractivity contribution is 5.95. The number of carbonyl (C=O) groups is 4. The molecule has 0 aromatic carbocycles. The summed E-state index contributed by atoms with van der Waals surface area (Å²) in [5.74, 6) is -0.680. The van der Waals surface area contributed by atoms with Gasteiger partial charge in [-0.25, -0.2) is 0 Å². The summed E-state index contributed by atoms with van der Waals surface area (Å²) in [6.45, 7) is 6.90. The maximum Gasteiger partial charge on any atom is 0.303 e. The van der Waals surface area contributed by atoms with Crippen molar-refractivity contribution in [2.45, 2.75) is 71.8 Å². The molecule has 0 spiro atoms. The quantitative estimate of drug-likeness (QED) is 0.711. The lowest BCUT2D eigenvalue weighted by atomic mass is 9.44. The van der Waals surface area contributed by atoms with Crippen LogP contribution in [-0.2, 0) is 23.9 Å². The number of fused-ring (bicyclic) bond motifs is 5. The van der Waals surface area contributed by atoms with Crippen LogP contribution in [0.15, 0.2) is 11.6 Å². The highest BCUT2D eigenvalue weighted by Crippen LogP contribution is 2.67. The lowest BCUT2D eigenvalue weighted by Gasteiger charge is -2.59. The molecule has 4 aliphatic carbocycles. The van der Waals surface area contributed by atoms with Crippen LogP contribution in [0.1, 0.15) is 66.2 Å². The summed E-state index contributed by atoms with van der Waals surface area (Å²) < 4.78 is 4.88. The average molecular weight is 417 g/mol. The minimum absolute atomic E-state index is 0.0462. The largest absolute Gasteiger partial charge is 0.458 e. The van der Waals surface area contributed by atoms with Gasteiger partial charge in [-0.2, -0.15) is 0 Å². The van der Waals surface area contributed by atoms with Gasteiger partial charge in [0.2, 0.25) is 5.78 Å². The van der Waals surface area contributed by atoms with Crippen molar-refractivity contribution in [2.75, 3.05) is 6.61 Å². The number of allylic oxidation sites excluding steroid dienone is 1. The Morgan fingerprint density at radius 2 is 1.93 bits per heavy atom. The molecule has 1 N–H and O–H groups in total. The minimum atomic E-state index is -1.66. The van der Waals surface area contributed by atoms with Crippen LogP contribution in [0.25, 0.3) is 0 Å². The highest BCUT2D eigenvalue weighted by Gasteiger charge is 2.69. The molecule has 0 aromatic rings. The van der Waals surface area contributed by atoms with Crippen LogP contribution < -0.4 is 0 Å². The number of aliphatic hydroxyl groups is 1. The molecule has 0 saturated heterocycles. The van der Waals surface area contributed by atoms with Gasteiger partial charge >= 0.3 is 5.97 Å². The van der Waals surface area contributed by atoms with E-state index in [-0.39, 0.29) is 53.5 Å². The Morgan fingerprint density at radius 1 is 1.23 bits per heavy atom. The van der Waals surface area contributed by atoms with Gasteiger partial charge in [-0.1, -0.05) is 26.3 Å². The molecule has 0 heterocycles. The molecule has 0 aliphatic heterocycles. The topological polar surface area (TPSA) is 97.7 Å². The van der Waals surface area contributed by atoms with Crippen molar-refractivity contribution >= 4 is 23.3 Å². The third-order valence-corrected chi connectivity index (χ3v) is 8.99. The Morgan fingerprint density at radius 3 is 2.60 bits per heavy atom. The fourth-order valence-corrected chi connectivity index (χ4v) is 7.57. The van der Waals surface area contributed by atoms with Crippen LogP contribution in [0.3, 0.4) is 0 Å². The van der Waals surface area contributed by atoms with Crippen molar-refractivity contribution in [3.05, 3.63) is 11.6 Å². The monoisotopic (exact) mass is 416 g/mol. The Balaban J connectivity index is 1.70. The second-order valence-corrected chi connectivity index (χ2v) is 10.5. The molecule has 0 radical (unpaired) electrons. The molecule has 4 rings (SSSR count). The van der Waals surface area contributed by atoms with Crippen molar-refractivity contribution in [1.82, 2.24) is 0 Å². The Bertz CT molecular complexity index is 858. The SMILES string of the molecule is CC(=O)OCC(=O)[C@]1(O)CC[C@H]2[C@@H]3C[C@@H](C)C4=CC(=O)CC[C@]4(C)[C@H]3C(=O)C[C@@]21C. The lowest BCUT2D eigenvalue weighted by molar-refractivity contribution is -0.174. The van der Waals surface area contributed by atoms with Gasteiger partial charge in [0.05, 0.1) is 0 Å². The molecule has 3 saturated carbocycles. The van der Waals surface area contributed by atoms with E-state index < -0.39 is 29.4 Å². The third kappa shape index (κ3) is 2.79. The summed E-state index contributed by atoms with van der Waals surface area (Å²) in [7, 11) is 0. The normalized spacial score (nSPS) is 45.2. The lowest BCUT2D eigenvalue weighted by Crippen LogP contribution is -2.61. The van der Waals surface area contributed by atoms with Crippen molar-refractivity contribution in [3.63, 3.8) is 0 Å². The minimum Gasteiger partial charge on any atom is -0.458 e. The molecule has 0 bridgehead atoms. The fraction of sp³-hybridized carbons (Fsp3) is 0.750. The van der Waals surface area contributed by atoms with Gasteiger partial charge in [-0.3, -0.25) is 19.2 Å². The summed E-state index contributed by atoms with van der Waals surface area (Å²) in [5.41, 5.74) is -1.73. The summed E-state index contributed by atoms with van der Waals surface area (Å²) in [6, 6.07) is 0. The molecule has 3 fully saturated rings. The van der Waals surface area contributed by atoms with Crippen LogP contribution in [0.5, 0.6) is 0 Å². The molecular weight excluding hydrogens is 384 g/mol. The molecule has 30 heavy (non-hydrogen) atoms. The second-order valence-electron chi connectivity index (χ2n) is 10.5. The Kier molecular flexibility index (Phi) is 4.88. The number of rotatable bonds is 3. The van der Waals surface area contributed by atoms with Gasteiger partial charge in [0.1, 0.15) is 11.4 Å². The predicted octanol–water partition coefficient (Wildman–Crippen LogP) is 2.81. The number of hydrogen-bond donors (Lipinski definition) is 1. The fourth-order valence-electron chi connectivity index (χ4n) is 7.57. The van der Waals surface area contributed by atoms with E-state index in [2.05, 4.69) is 13.8 Å². The molecule has 0 aromatic heterocycles. The molecule has 0 amide bonds. The van der Waals surface area contributed by atoms with Gasteiger partial charge in [0, 0.05) is 31.1 Å². The van der Waals surface area contributed by atoms with E-state index in [1.807, 2.05) is 6.92 Å². The number of carbonyl (C=O) groups excluding carboxylic acids is 4. The number of ether oxygens (including phenoxy) is 1. The molecule has 0 unspecified atom stereocenters. The second kappa shape index (κ2) is 6.84. The molecule has 6 nitrogen and oxygen atoms in total. The van der Waals surface area contributed by atoms with E-state index in [0.29, 0.717) is 19.3 Å². The number of ketones is 3. The van der Waals surface area contributed by atoms with Crippen LogP contribution >= 0.6 is 0 Å². The first-order valence-corrected chi connectivity index (χ1v) is 11.1. The zero-order valence-corrected chi connectivity index (χ0v) is 18.3. The van der Waals surface area contributed by atoms with E-state index in [4.69, 9.17) is 4.74 Å². The zero-order chi connectivity index (χ0) is 22.1. The Hall–Kier alpha value is -1.82. The van der Waals surface area contributed by atoms with E-state index in [1.165, 1.54) is 6.92 Å². The maximum absolute atomic E-state index is 13.6. The molecule has 7 atom stereocenters. The first kappa shape index (κ1) is 21.4. The number of esters is 1. The van der Waals surface area contributed by atoms with E-state index in [1.54, 1.807) is 6.08 Å². The van der Waals surface area contributed by atoms with Crippen LogP contribution in [0.2, 0.25) is 0 Å². The van der Waals surface area contributed by atoms with Crippen LogP contribution in [-0.4, -0.2) is 40.6 Å². The number of Topliss-reactive ketones (excluding diaryl/α,β-unsaturated/α-hetero) is 2. The van der Waals surface area contributed by atoms with Crippen LogP contribution in [0.4, 0.5) is 0 Å². The third-order valence-electron chi connectivity index (χ3n) is 8.99. The zero-order valence-electron chi connectivity index (χ0n) is 18.3. The summed E-state index contributed by atoms with van der Waals surface area (Å²) in [5, 5.41) is 11.5. The summed E-state index contributed by atoms with van der Waals surface area (Å²) in [4.78, 5) is 49.7. The predicted molar refractivity (Wildman–Crippen MR) is 108 cm³/mol. The van der Waals surface area contributed by atoms with Crippen LogP contribution in [0, 0.1) is 34.5 Å². The smallest absolute Gasteiger partial charge is 0.303 e. The van der Waals surface area contributed by atoms with E-state index >= 15 is 0 Å². The summed E-state index contributed by atoms with van der Waals surface area (Å²) in [6.07, 6.45) is 4.83. The standard InChI is InChI=1S/C24H32O6/c1-13-9-16-17-6-8-24(29,20(28)12-30-14(2)25)23(17,4)11-19(27)21(16)22(3)7-5-15(26)10-18(13)22/h10,13,16-17,21,29H,5-9,11-12H2,1-4H3/t13-,16+,17+,21-,22+,23+,24-/m1/s1. The maximum atomic E-state index is 13.6. The average Bonchev–Trinajstić information content (AvgIpc) is 2.93. The Labute approximate surface area is 177 Å². The molecule has 6 heteroatoms. The van der Waals surface area contributed by atoms with E-state index in [9.17, 15) is 24.3 Å². The van der Waals surface area contributed by atoms with Crippen molar-refractivity contribution in [1.29, 1.82) is 0 Å². The highest BCUT2D eigenvalue weighted by atomic mass is 16.5. The molecule has 4 aliphatic rings. The van der Waals surface area contributed by atoms with E-state index in [0.717, 1.165) is 12.0 Å². The van der Waals surface area contributed by atoms with Gasteiger partial charge in [0.15, 0.2) is 12.4 Å². The van der Waals surface area contributed by atoms with Gasteiger partial charge in [0.25, 0.3) is 0 Å². The van der Waals surface area contributed by atoms with Gasteiger partial charge in [-0.05, 0) is 54.9 Å².